The average Bonchev–Trinajstić information content (AvgIpc) is 2.40. The van der Waals surface area contributed by atoms with Crippen molar-refractivity contribution in [1.29, 1.82) is 0 Å². The summed E-state index contributed by atoms with van der Waals surface area (Å²) in [5.41, 5.74) is 0.411. The molecule has 8 heteroatoms. The molecule has 5 nitrogen and oxygen atoms in total. The van der Waals surface area contributed by atoms with E-state index in [4.69, 9.17) is 35.4 Å². The number of ether oxygens (including phenoxy) is 1. The van der Waals surface area contributed by atoms with Gasteiger partial charge in [0.1, 0.15) is 0 Å². The second-order valence-electron chi connectivity index (χ2n) is 3.68. The lowest BCUT2D eigenvalue weighted by Crippen LogP contribution is -2.34. The van der Waals surface area contributed by atoms with E-state index in [0.29, 0.717) is 15.7 Å². The van der Waals surface area contributed by atoms with E-state index in [1.807, 2.05) is 0 Å². The van der Waals surface area contributed by atoms with Gasteiger partial charge in [-0.2, -0.15) is 0 Å². The predicted octanol–water partition coefficient (Wildman–Crippen LogP) is 2.76. The monoisotopic (exact) mass is 334 g/mol. The number of amides is 1. The molecule has 0 fully saturated rings. The van der Waals surface area contributed by atoms with Crippen molar-refractivity contribution in [1.82, 2.24) is 5.32 Å². The quantitative estimate of drug-likeness (QED) is 0.654. The highest BCUT2D eigenvalue weighted by Crippen LogP contribution is 2.29. The Morgan fingerprint density at radius 2 is 1.85 bits per heavy atom. The molecule has 0 bridgehead atoms. The van der Waals surface area contributed by atoms with Gasteiger partial charge in [0.05, 0.1) is 29.3 Å². The zero-order chi connectivity index (χ0) is 15.1. The van der Waals surface area contributed by atoms with Gasteiger partial charge in [0.25, 0.3) is 0 Å². The summed E-state index contributed by atoms with van der Waals surface area (Å²) in [5.74, 6) is -0.871. The number of benzene rings is 1. The molecule has 20 heavy (non-hydrogen) atoms. The molecule has 0 radical (unpaired) electrons. The lowest BCUT2D eigenvalue weighted by atomic mass is 10.3. The Bertz CT molecular complexity index is 517. The summed E-state index contributed by atoms with van der Waals surface area (Å²) in [6, 6.07) is 4.96. The minimum atomic E-state index is -0.465. The number of rotatable bonds is 4. The number of esters is 1. The van der Waals surface area contributed by atoms with Crippen LogP contribution in [0.3, 0.4) is 0 Å². The van der Waals surface area contributed by atoms with Gasteiger partial charge in [0, 0.05) is 6.42 Å². The number of anilines is 1. The molecule has 0 unspecified atom stereocenters. The number of hydrogen-bond donors (Lipinski definition) is 2. The largest absolute Gasteiger partial charge is 0.469 e. The Kier molecular flexibility index (Phi) is 6.70. The van der Waals surface area contributed by atoms with Gasteiger partial charge in [-0.1, -0.05) is 29.3 Å². The minimum absolute atomic E-state index is 0.0161. The van der Waals surface area contributed by atoms with E-state index in [-0.39, 0.29) is 18.0 Å². The molecule has 1 aromatic rings. The van der Waals surface area contributed by atoms with Gasteiger partial charge in [-0.3, -0.25) is 9.59 Å². The van der Waals surface area contributed by atoms with Crippen LogP contribution in [0.4, 0.5) is 5.69 Å². The van der Waals surface area contributed by atoms with Crippen LogP contribution in [0.5, 0.6) is 0 Å². The SMILES string of the molecule is COC(=O)CCC(=O)NC(=S)Nc1c(Cl)cccc1Cl. The molecule has 0 saturated heterocycles. The van der Waals surface area contributed by atoms with Crippen LogP contribution in [-0.2, 0) is 14.3 Å². The number of thiocarbonyl (C=S) groups is 1. The summed E-state index contributed by atoms with van der Waals surface area (Å²) >= 11 is 16.9. The van der Waals surface area contributed by atoms with E-state index in [0.717, 1.165) is 0 Å². The first-order valence-electron chi connectivity index (χ1n) is 5.55. The van der Waals surface area contributed by atoms with Crippen LogP contribution in [0, 0.1) is 0 Å². The first-order chi connectivity index (χ1) is 9.43. The third-order valence-corrected chi connectivity index (χ3v) is 3.07. The van der Waals surface area contributed by atoms with Gasteiger partial charge in [-0.05, 0) is 24.4 Å². The van der Waals surface area contributed by atoms with Crippen LogP contribution >= 0.6 is 35.4 Å². The highest BCUT2D eigenvalue weighted by atomic mass is 35.5. The molecule has 1 amide bonds. The van der Waals surface area contributed by atoms with Crippen molar-refractivity contribution in [2.75, 3.05) is 12.4 Å². The van der Waals surface area contributed by atoms with Gasteiger partial charge in [-0.15, -0.1) is 0 Å². The van der Waals surface area contributed by atoms with Gasteiger partial charge >= 0.3 is 5.97 Å². The number of carbonyl (C=O) groups is 2. The average molecular weight is 335 g/mol. The highest BCUT2D eigenvalue weighted by molar-refractivity contribution is 7.80. The molecule has 0 saturated carbocycles. The van der Waals surface area contributed by atoms with Crippen LogP contribution in [0.2, 0.25) is 10.0 Å². The Hall–Kier alpha value is -1.37. The highest BCUT2D eigenvalue weighted by Gasteiger charge is 2.11. The van der Waals surface area contributed by atoms with E-state index < -0.39 is 11.9 Å². The molecule has 0 heterocycles. The van der Waals surface area contributed by atoms with E-state index >= 15 is 0 Å². The summed E-state index contributed by atoms with van der Waals surface area (Å²) in [4.78, 5) is 22.4. The molecule has 0 aromatic heterocycles. The van der Waals surface area contributed by atoms with Gasteiger partial charge in [-0.25, -0.2) is 0 Å². The predicted molar refractivity (Wildman–Crippen MR) is 82.1 cm³/mol. The first-order valence-corrected chi connectivity index (χ1v) is 6.72. The molecule has 108 valence electrons. The molecule has 1 rings (SSSR count). The van der Waals surface area contributed by atoms with E-state index in [1.54, 1.807) is 18.2 Å². The van der Waals surface area contributed by atoms with E-state index in [9.17, 15) is 9.59 Å². The van der Waals surface area contributed by atoms with Crippen LogP contribution in [0.25, 0.3) is 0 Å². The second kappa shape index (κ2) is 8.04. The Labute approximate surface area is 131 Å². The zero-order valence-corrected chi connectivity index (χ0v) is 12.9. The molecule has 1 aromatic carbocycles. The molecule has 0 aliphatic carbocycles. The summed E-state index contributed by atoms with van der Waals surface area (Å²) < 4.78 is 4.43. The number of nitrogens with one attached hydrogen (secondary N) is 2. The maximum Gasteiger partial charge on any atom is 0.306 e. The van der Waals surface area contributed by atoms with Crippen molar-refractivity contribution >= 4 is 58.1 Å². The summed E-state index contributed by atoms with van der Waals surface area (Å²) in [5, 5.41) is 5.96. The smallest absolute Gasteiger partial charge is 0.306 e. The van der Waals surface area contributed by atoms with Gasteiger partial charge in [0.15, 0.2) is 5.11 Å². The molecular formula is C12H12Cl2N2O3S. The number of hydrogen-bond acceptors (Lipinski definition) is 4. The summed E-state index contributed by atoms with van der Waals surface area (Å²) in [6.07, 6.45) is -0.0391. The van der Waals surface area contributed by atoms with Crippen molar-refractivity contribution in [3.63, 3.8) is 0 Å². The topological polar surface area (TPSA) is 67.4 Å². The van der Waals surface area contributed by atoms with Crippen molar-refractivity contribution in [2.24, 2.45) is 0 Å². The molecule has 0 spiro atoms. The third-order valence-electron chi connectivity index (χ3n) is 2.24. The van der Waals surface area contributed by atoms with Gasteiger partial charge in [0.2, 0.25) is 5.91 Å². The lowest BCUT2D eigenvalue weighted by Gasteiger charge is -2.12. The fraction of sp³-hybridized carbons (Fsp3) is 0.250. The Balaban J connectivity index is 2.51. The lowest BCUT2D eigenvalue weighted by molar-refractivity contribution is -0.142. The molecule has 0 aliphatic rings. The normalized spacial score (nSPS) is 9.75. The second-order valence-corrected chi connectivity index (χ2v) is 4.90. The van der Waals surface area contributed by atoms with Crippen molar-refractivity contribution < 1.29 is 14.3 Å². The van der Waals surface area contributed by atoms with Crippen LogP contribution in [0.1, 0.15) is 12.8 Å². The maximum absolute atomic E-state index is 11.5. The maximum atomic E-state index is 11.5. The van der Waals surface area contributed by atoms with E-state index in [2.05, 4.69) is 15.4 Å². The number of methoxy groups -OCH3 is 1. The van der Waals surface area contributed by atoms with Crippen molar-refractivity contribution in [2.45, 2.75) is 12.8 Å². The number of carbonyl (C=O) groups excluding carboxylic acids is 2. The van der Waals surface area contributed by atoms with Crippen molar-refractivity contribution in [3.8, 4) is 0 Å². The molecular weight excluding hydrogens is 323 g/mol. The van der Waals surface area contributed by atoms with Crippen LogP contribution in [0.15, 0.2) is 18.2 Å². The number of halogens is 2. The number of para-hydroxylation sites is 1. The van der Waals surface area contributed by atoms with Crippen LogP contribution < -0.4 is 10.6 Å². The standard InChI is InChI=1S/C12H12Cl2N2O3S/c1-19-10(18)6-5-9(17)15-12(20)16-11-7(13)3-2-4-8(11)14/h2-4H,5-6H2,1H3,(H2,15,16,17,20). The molecule has 0 atom stereocenters. The van der Waals surface area contributed by atoms with Crippen LogP contribution in [-0.4, -0.2) is 24.1 Å². The first kappa shape index (κ1) is 16.7. The fourth-order valence-corrected chi connectivity index (χ4v) is 1.98. The fourth-order valence-electron chi connectivity index (χ4n) is 1.27. The van der Waals surface area contributed by atoms with Gasteiger partial charge < -0.3 is 15.4 Å². The Morgan fingerprint density at radius 1 is 1.25 bits per heavy atom. The summed E-state index contributed by atoms with van der Waals surface area (Å²) in [6.45, 7) is 0. The zero-order valence-electron chi connectivity index (χ0n) is 10.5. The summed E-state index contributed by atoms with van der Waals surface area (Å²) in [7, 11) is 1.26. The third kappa shape index (κ3) is 5.32. The van der Waals surface area contributed by atoms with Crippen molar-refractivity contribution in [3.05, 3.63) is 28.2 Å². The minimum Gasteiger partial charge on any atom is -0.469 e. The Morgan fingerprint density at radius 3 is 2.40 bits per heavy atom. The molecule has 2 N–H and O–H groups in total. The van der Waals surface area contributed by atoms with E-state index in [1.165, 1.54) is 7.11 Å². The molecule has 0 aliphatic heterocycles.